The van der Waals surface area contributed by atoms with Gasteiger partial charge in [-0.2, -0.15) is 5.10 Å². The van der Waals surface area contributed by atoms with E-state index in [1.165, 1.54) is 4.88 Å². The highest BCUT2D eigenvalue weighted by atomic mass is 79.9. The quantitative estimate of drug-likeness (QED) is 0.809. The van der Waals surface area contributed by atoms with Crippen LogP contribution >= 0.6 is 59.1 Å². The third kappa shape index (κ3) is 2.46. The Morgan fingerprint density at radius 1 is 1.33 bits per heavy atom. The summed E-state index contributed by atoms with van der Waals surface area (Å²) in [7, 11) is 0. The Morgan fingerprint density at radius 2 is 2.07 bits per heavy atom. The van der Waals surface area contributed by atoms with Gasteiger partial charge in [0.15, 0.2) is 0 Å². The molecule has 2 heterocycles. The molecule has 0 saturated heterocycles. The van der Waals surface area contributed by atoms with Crippen molar-refractivity contribution < 1.29 is 0 Å². The monoisotopic (exact) mass is 413 g/mol. The van der Waals surface area contributed by atoms with Crippen molar-refractivity contribution in [2.45, 2.75) is 6.54 Å². The Bertz CT molecular complexity index is 472. The number of aromatic nitrogens is 2. The molecular weight excluding hydrogens is 410 g/mol. The van der Waals surface area contributed by atoms with E-state index in [2.05, 4.69) is 59.0 Å². The molecule has 0 aliphatic carbocycles. The number of anilines is 1. The van der Waals surface area contributed by atoms with Gasteiger partial charge >= 0.3 is 0 Å². The van der Waals surface area contributed by atoms with Crippen molar-refractivity contribution in [3.63, 3.8) is 0 Å². The second-order valence-corrected chi connectivity index (χ2v) is 7.03. The topological polar surface area (TPSA) is 43.8 Å². The van der Waals surface area contributed by atoms with Gasteiger partial charge in [-0.15, -0.1) is 11.3 Å². The molecule has 2 rings (SSSR count). The van der Waals surface area contributed by atoms with Crippen LogP contribution in [-0.4, -0.2) is 9.78 Å². The van der Waals surface area contributed by atoms with Gasteiger partial charge in [0.05, 0.1) is 21.0 Å². The lowest BCUT2D eigenvalue weighted by molar-refractivity contribution is 0.705. The second kappa shape index (κ2) is 4.57. The van der Waals surface area contributed by atoms with Gasteiger partial charge in [0, 0.05) is 9.35 Å². The van der Waals surface area contributed by atoms with Gasteiger partial charge in [0.25, 0.3) is 0 Å². The smallest absolute Gasteiger partial charge is 0.136 e. The molecule has 0 amide bonds. The highest BCUT2D eigenvalue weighted by molar-refractivity contribution is 9.13. The second-order valence-electron chi connectivity index (χ2n) is 2.87. The van der Waals surface area contributed by atoms with Crippen LogP contribution in [0.2, 0.25) is 0 Å². The lowest BCUT2D eigenvalue weighted by Gasteiger charge is -2.00. The van der Waals surface area contributed by atoms with Gasteiger partial charge in [-0.1, -0.05) is 0 Å². The molecule has 0 radical (unpaired) electrons. The molecule has 0 atom stereocenters. The predicted molar refractivity (Wildman–Crippen MR) is 73.2 cm³/mol. The molecule has 3 nitrogen and oxygen atoms in total. The maximum absolute atomic E-state index is 5.83. The summed E-state index contributed by atoms with van der Waals surface area (Å²) in [5, 5.41) is 4.17. The minimum Gasteiger partial charge on any atom is -0.383 e. The normalized spacial score (nSPS) is 10.9. The number of thiophene rings is 1. The minimum atomic E-state index is 0.649. The molecule has 0 fully saturated rings. The van der Waals surface area contributed by atoms with Gasteiger partial charge in [0.2, 0.25) is 0 Å². The molecule has 15 heavy (non-hydrogen) atoms. The van der Waals surface area contributed by atoms with Crippen LogP contribution < -0.4 is 5.73 Å². The Kier molecular flexibility index (Phi) is 3.54. The summed E-state index contributed by atoms with van der Waals surface area (Å²) >= 11 is 11.9. The molecule has 0 bridgehead atoms. The van der Waals surface area contributed by atoms with E-state index in [1.54, 1.807) is 22.2 Å². The fraction of sp³-hybridized carbons (Fsp3) is 0.125. The lowest BCUT2D eigenvalue weighted by atomic mass is 10.4. The first-order valence-electron chi connectivity index (χ1n) is 3.98. The van der Waals surface area contributed by atoms with Crippen molar-refractivity contribution in [3.8, 4) is 0 Å². The Hall–Kier alpha value is 0.150. The number of rotatable bonds is 2. The van der Waals surface area contributed by atoms with Crippen LogP contribution in [0.4, 0.5) is 5.82 Å². The van der Waals surface area contributed by atoms with Gasteiger partial charge in [-0.05, 0) is 53.9 Å². The van der Waals surface area contributed by atoms with Gasteiger partial charge < -0.3 is 5.73 Å². The third-order valence-corrected chi connectivity index (χ3v) is 5.69. The average molecular weight is 416 g/mol. The highest BCUT2D eigenvalue weighted by Gasteiger charge is 2.08. The molecule has 0 aliphatic rings. The van der Waals surface area contributed by atoms with E-state index < -0.39 is 0 Å². The standard InChI is InChI=1S/C8H6Br3N3S/c9-5-1-4(15-7(5)11)3-14-8(12)6(10)2-13-14/h1-2H,3,12H2. The van der Waals surface area contributed by atoms with Gasteiger partial charge in [-0.3, -0.25) is 0 Å². The molecule has 2 N–H and O–H groups in total. The third-order valence-electron chi connectivity index (χ3n) is 1.84. The van der Waals surface area contributed by atoms with Crippen LogP contribution in [0.3, 0.4) is 0 Å². The fourth-order valence-electron chi connectivity index (χ4n) is 1.11. The number of halogens is 3. The number of hydrogen-bond donors (Lipinski definition) is 1. The van der Waals surface area contributed by atoms with Crippen LogP contribution in [0.1, 0.15) is 4.88 Å². The largest absolute Gasteiger partial charge is 0.383 e. The summed E-state index contributed by atoms with van der Waals surface area (Å²) in [6.07, 6.45) is 1.70. The van der Waals surface area contributed by atoms with E-state index in [-0.39, 0.29) is 0 Å². The molecule has 2 aromatic heterocycles. The summed E-state index contributed by atoms with van der Waals surface area (Å²) in [6, 6.07) is 2.06. The first kappa shape index (κ1) is 11.6. The predicted octanol–water partition coefficient (Wildman–Crippen LogP) is 3.86. The first-order valence-corrected chi connectivity index (χ1v) is 7.18. The van der Waals surface area contributed by atoms with E-state index in [0.29, 0.717) is 12.4 Å². The molecule has 0 spiro atoms. The Labute approximate surface area is 116 Å². The molecule has 80 valence electrons. The van der Waals surface area contributed by atoms with E-state index >= 15 is 0 Å². The summed E-state index contributed by atoms with van der Waals surface area (Å²) in [4.78, 5) is 1.19. The maximum atomic E-state index is 5.83. The minimum absolute atomic E-state index is 0.649. The SMILES string of the molecule is Nc1c(Br)cnn1Cc1cc(Br)c(Br)s1. The number of nitrogens with zero attached hydrogens (tertiary/aromatic N) is 2. The summed E-state index contributed by atoms with van der Waals surface area (Å²) in [5.41, 5.74) is 5.83. The van der Waals surface area contributed by atoms with Crippen molar-refractivity contribution in [2.24, 2.45) is 0 Å². The van der Waals surface area contributed by atoms with E-state index in [0.717, 1.165) is 12.7 Å². The van der Waals surface area contributed by atoms with E-state index in [9.17, 15) is 0 Å². The van der Waals surface area contributed by atoms with Crippen molar-refractivity contribution in [2.75, 3.05) is 5.73 Å². The van der Waals surface area contributed by atoms with Gasteiger partial charge in [-0.25, -0.2) is 4.68 Å². The van der Waals surface area contributed by atoms with E-state index in [1.807, 2.05) is 0 Å². The van der Waals surface area contributed by atoms with Crippen molar-refractivity contribution in [3.05, 3.63) is 29.9 Å². The number of hydrogen-bond acceptors (Lipinski definition) is 3. The van der Waals surface area contributed by atoms with Crippen LogP contribution in [0.15, 0.2) is 25.0 Å². The van der Waals surface area contributed by atoms with Crippen molar-refractivity contribution in [1.82, 2.24) is 9.78 Å². The molecule has 0 unspecified atom stereocenters. The lowest BCUT2D eigenvalue weighted by Crippen LogP contribution is -2.04. The van der Waals surface area contributed by atoms with Gasteiger partial charge in [0.1, 0.15) is 5.82 Å². The molecule has 7 heteroatoms. The Morgan fingerprint density at radius 3 is 2.53 bits per heavy atom. The van der Waals surface area contributed by atoms with Crippen LogP contribution in [0, 0.1) is 0 Å². The number of nitrogens with two attached hydrogens (primary N) is 1. The zero-order valence-corrected chi connectivity index (χ0v) is 13.0. The Balaban J connectivity index is 2.25. The first-order chi connectivity index (χ1) is 7.08. The summed E-state index contributed by atoms with van der Waals surface area (Å²) < 4.78 is 4.74. The van der Waals surface area contributed by atoms with E-state index in [4.69, 9.17) is 5.73 Å². The molecule has 0 aliphatic heterocycles. The van der Waals surface area contributed by atoms with Crippen LogP contribution in [0.25, 0.3) is 0 Å². The van der Waals surface area contributed by atoms with Crippen molar-refractivity contribution >= 4 is 64.9 Å². The van der Waals surface area contributed by atoms with Crippen LogP contribution in [0.5, 0.6) is 0 Å². The zero-order valence-electron chi connectivity index (χ0n) is 7.38. The summed E-state index contributed by atoms with van der Waals surface area (Å²) in [5.74, 6) is 0.649. The fourth-order valence-corrected chi connectivity index (χ4v) is 3.57. The van der Waals surface area contributed by atoms with Crippen molar-refractivity contribution in [1.29, 1.82) is 0 Å². The zero-order chi connectivity index (χ0) is 11.0. The highest BCUT2D eigenvalue weighted by Crippen LogP contribution is 2.33. The summed E-state index contributed by atoms with van der Waals surface area (Å²) in [6.45, 7) is 0.687. The molecule has 0 aromatic carbocycles. The maximum Gasteiger partial charge on any atom is 0.136 e. The average Bonchev–Trinajstić information content (AvgIpc) is 2.65. The molecule has 0 saturated carbocycles. The number of nitrogen functional groups attached to an aromatic ring is 1. The molecule has 2 aromatic rings. The molecular formula is C8H6Br3N3S. The van der Waals surface area contributed by atoms with Crippen LogP contribution in [-0.2, 0) is 6.54 Å².